The first-order valence-corrected chi connectivity index (χ1v) is 5.40. The predicted octanol–water partition coefficient (Wildman–Crippen LogP) is 3.11. The van der Waals surface area contributed by atoms with Gasteiger partial charge in [0.05, 0.1) is 6.54 Å². The Labute approximate surface area is 92.2 Å². The molecule has 1 aromatic carbocycles. The number of aliphatic imine (C=N–C) groups is 1. The van der Waals surface area contributed by atoms with Crippen molar-refractivity contribution in [2.24, 2.45) is 4.99 Å². The maximum atomic E-state index is 9.78. The fraction of sp³-hybridized carbons (Fsp3) is 0.364. The third-order valence-corrected chi connectivity index (χ3v) is 2.49. The molecule has 0 unspecified atom stereocenters. The molecule has 0 radical (unpaired) electrons. The van der Waals surface area contributed by atoms with Crippen LogP contribution in [0.4, 0.5) is 0 Å². The number of carbonyl (C=O) groups excluding carboxylic acids is 1. The molecule has 1 rings (SSSR count). The van der Waals surface area contributed by atoms with Crippen LogP contribution in [0.25, 0.3) is 0 Å². The predicted molar refractivity (Wildman–Crippen MR) is 60.1 cm³/mol. The number of hydrogen-bond donors (Lipinski definition) is 0. The molecule has 2 nitrogen and oxygen atoms in total. The lowest BCUT2D eigenvalue weighted by Crippen LogP contribution is -1.87. The number of isocyanates is 1. The van der Waals surface area contributed by atoms with E-state index in [1.54, 1.807) is 6.08 Å². The van der Waals surface area contributed by atoms with Crippen LogP contribution in [0.5, 0.6) is 0 Å². The van der Waals surface area contributed by atoms with Crippen molar-refractivity contribution in [2.75, 3.05) is 6.54 Å². The van der Waals surface area contributed by atoms with Gasteiger partial charge in [-0.05, 0) is 37.0 Å². The molecule has 3 heteroatoms. The van der Waals surface area contributed by atoms with Crippen LogP contribution in [-0.4, -0.2) is 12.6 Å². The van der Waals surface area contributed by atoms with Crippen molar-refractivity contribution in [1.29, 1.82) is 0 Å². The maximum Gasteiger partial charge on any atom is 0.234 e. The Morgan fingerprint density at radius 2 is 1.93 bits per heavy atom. The van der Waals surface area contributed by atoms with Crippen molar-refractivity contribution >= 4 is 22.0 Å². The summed E-state index contributed by atoms with van der Waals surface area (Å²) in [5, 5.41) is 0. The summed E-state index contributed by atoms with van der Waals surface area (Å²) < 4.78 is 1.10. The molecular weight excluding hydrogens is 242 g/mol. The van der Waals surface area contributed by atoms with Gasteiger partial charge in [-0.15, -0.1) is 0 Å². The van der Waals surface area contributed by atoms with Gasteiger partial charge in [-0.1, -0.05) is 28.1 Å². The molecule has 0 aromatic heterocycles. The highest BCUT2D eigenvalue weighted by molar-refractivity contribution is 9.10. The number of halogens is 1. The molecule has 74 valence electrons. The lowest BCUT2D eigenvalue weighted by Gasteiger charge is -1.99. The standard InChI is InChI=1S/C11H12BrNO/c12-11-6-4-10(5-7-11)3-1-2-8-13-9-14/h4-7H,1-3,8H2. The second kappa shape index (κ2) is 6.52. The number of hydrogen-bond acceptors (Lipinski definition) is 2. The van der Waals surface area contributed by atoms with Crippen molar-refractivity contribution in [1.82, 2.24) is 0 Å². The average Bonchev–Trinajstić information content (AvgIpc) is 2.21. The largest absolute Gasteiger partial charge is 0.234 e. The lowest BCUT2D eigenvalue weighted by atomic mass is 10.1. The third-order valence-electron chi connectivity index (χ3n) is 1.96. The molecular formula is C11H12BrNO. The third kappa shape index (κ3) is 4.35. The van der Waals surface area contributed by atoms with Crippen LogP contribution < -0.4 is 0 Å². The number of unbranched alkanes of at least 4 members (excludes halogenated alkanes) is 1. The molecule has 0 heterocycles. The van der Waals surface area contributed by atoms with E-state index in [-0.39, 0.29) is 0 Å². The highest BCUT2D eigenvalue weighted by atomic mass is 79.9. The fourth-order valence-corrected chi connectivity index (χ4v) is 1.48. The highest BCUT2D eigenvalue weighted by Gasteiger charge is 1.93. The average molecular weight is 254 g/mol. The van der Waals surface area contributed by atoms with Gasteiger partial charge in [-0.3, -0.25) is 0 Å². The van der Waals surface area contributed by atoms with E-state index in [0.29, 0.717) is 6.54 Å². The molecule has 0 aliphatic rings. The minimum Gasteiger partial charge on any atom is -0.211 e. The molecule has 0 aliphatic heterocycles. The summed E-state index contributed by atoms with van der Waals surface area (Å²) in [7, 11) is 0. The first-order valence-electron chi connectivity index (χ1n) is 4.61. The Morgan fingerprint density at radius 1 is 1.21 bits per heavy atom. The van der Waals surface area contributed by atoms with E-state index in [0.717, 1.165) is 23.7 Å². The first kappa shape index (κ1) is 11.2. The fourth-order valence-electron chi connectivity index (χ4n) is 1.22. The van der Waals surface area contributed by atoms with Crippen molar-refractivity contribution in [3.05, 3.63) is 34.3 Å². The second-order valence-electron chi connectivity index (χ2n) is 3.06. The maximum absolute atomic E-state index is 9.78. The molecule has 0 saturated heterocycles. The van der Waals surface area contributed by atoms with E-state index < -0.39 is 0 Å². The zero-order valence-corrected chi connectivity index (χ0v) is 9.46. The zero-order valence-electron chi connectivity index (χ0n) is 7.87. The van der Waals surface area contributed by atoms with E-state index in [9.17, 15) is 4.79 Å². The lowest BCUT2D eigenvalue weighted by molar-refractivity contribution is 0.562. The van der Waals surface area contributed by atoms with Gasteiger partial charge in [0.25, 0.3) is 0 Å². The van der Waals surface area contributed by atoms with Gasteiger partial charge in [-0.2, -0.15) is 0 Å². The Kier molecular flexibility index (Phi) is 5.20. The van der Waals surface area contributed by atoms with Crippen molar-refractivity contribution in [3.63, 3.8) is 0 Å². The number of benzene rings is 1. The summed E-state index contributed by atoms with van der Waals surface area (Å²) in [5.74, 6) is 0. The molecule has 0 saturated carbocycles. The molecule has 0 aliphatic carbocycles. The quantitative estimate of drug-likeness (QED) is 0.451. The SMILES string of the molecule is O=C=NCCCCc1ccc(Br)cc1. The van der Waals surface area contributed by atoms with E-state index in [4.69, 9.17) is 0 Å². The molecule has 0 N–H and O–H groups in total. The van der Waals surface area contributed by atoms with Crippen LogP contribution in [0.3, 0.4) is 0 Å². The van der Waals surface area contributed by atoms with E-state index >= 15 is 0 Å². The minimum atomic E-state index is 0.597. The van der Waals surface area contributed by atoms with Crippen molar-refractivity contribution in [2.45, 2.75) is 19.3 Å². The van der Waals surface area contributed by atoms with Gasteiger partial charge >= 0.3 is 0 Å². The Bertz CT molecular complexity index is 315. The molecule has 1 aromatic rings. The number of rotatable bonds is 5. The summed E-state index contributed by atoms with van der Waals surface area (Å²) in [6.07, 6.45) is 4.60. The smallest absolute Gasteiger partial charge is 0.211 e. The van der Waals surface area contributed by atoms with Crippen LogP contribution >= 0.6 is 15.9 Å². The summed E-state index contributed by atoms with van der Waals surface area (Å²) in [6.45, 7) is 0.597. The van der Waals surface area contributed by atoms with Crippen molar-refractivity contribution < 1.29 is 4.79 Å². The Balaban J connectivity index is 2.24. The van der Waals surface area contributed by atoms with Crippen LogP contribution in [0.1, 0.15) is 18.4 Å². The van der Waals surface area contributed by atoms with Crippen LogP contribution in [0.15, 0.2) is 33.7 Å². The second-order valence-corrected chi connectivity index (χ2v) is 3.97. The molecule has 0 atom stereocenters. The van der Waals surface area contributed by atoms with Crippen molar-refractivity contribution in [3.8, 4) is 0 Å². The van der Waals surface area contributed by atoms with Gasteiger partial charge in [-0.25, -0.2) is 9.79 Å². The minimum absolute atomic E-state index is 0.597. The Morgan fingerprint density at radius 3 is 2.57 bits per heavy atom. The monoisotopic (exact) mass is 253 g/mol. The highest BCUT2D eigenvalue weighted by Crippen LogP contribution is 2.12. The van der Waals surface area contributed by atoms with Gasteiger partial charge in [0.1, 0.15) is 0 Å². The zero-order chi connectivity index (χ0) is 10.2. The summed E-state index contributed by atoms with van der Waals surface area (Å²) in [4.78, 5) is 13.3. The summed E-state index contributed by atoms with van der Waals surface area (Å²) in [6, 6.07) is 8.29. The molecule has 0 amide bonds. The molecule has 0 fully saturated rings. The summed E-state index contributed by atoms with van der Waals surface area (Å²) >= 11 is 3.39. The summed E-state index contributed by atoms with van der Waals surface area (Å²) in [5.41, 5.74) is 1.32. The van der Waals surface area contributed by atoms with Gasteiger partial charge < -0.3 is 0 Å². The van der Waals surface area contributed by atoms with Gasteiger partial charge in [0.15, 0.2) is 0 Å². The topological polar surface area (TPSA) is 29.4 Å². The number of nitrogens with zero attached hydrogens (tertiary/aromatic N) is 1. The normalized spacial score (nSPS) is 9.50. The van der Waals surface area contributed by atoms with E-state index in [2.05, 4.69) is 33.1 Å². The first-order chi connectivity index (χ1) is 6.83. The molecule has 0 spiro atoms. The van der Waals surface area contributed by atoms with E-state index in [1.807, 2.05) is 12.1 Å². The van der Waals surface area contributed by atoms with Crippen LogP contribution in [0.2, 0.25) is 0 Å². The van der Waals surface area contributed by atoms with Crippen LogP contribution in [0, 0.1) is 0 Å². The molecule has 0 bridgehead atoms. The molecule has 14 heavy (non-hydrogen) atoms. The Hall–Kier alpha value is -0.920. The number of aryl methyl sites for hydroxylation is 1. The van der Waals surface area contributed by atoms with Crippen LogP contribution in [-0.2, 0) is 11.2 Å². The van der Waals surface area contributed by atoms with E-state index in [1.165, 1.54) is 5.56 Å². The van der Waals surface area contributed by atoms with Gasteiger partial charge in [0, 0.05) is 4.47 Å². The van der Waals surface area contributed by atoms with Gasteiger partial charge in [0.2, 0.25) is 6.08 Å².